The molecule has 1 fully saturated rings. The average molecular weight is 308 g/mol. The Bertz CT molecular complexity index is 716. The van der Waals surface area contributed by atoms with Crippen molar-refractivity contribution in [1.29, 1.82) is 0 Å². The van der Waals surface area contributed by atoms with Crippen molar-refractivity contribution < 1.29 is 13.9 Å². The molecule has 1 aliphatic carbocycles. The van der Waals surface area contributed by atoms with E-state index >= 15 is 0 Å². The van der Waals surface area contributed by atoms with Gasteiger partial charge in [0.1, 0.15) is 5.82 Å². The van der Waals surface area contributed by atoms with Crippen LogP contribution < -0.4 is 0 Å². The summed E-state index contributed by atoms with van der Waals surface area (Å²) in [6.45, 7) is 0. The maximum absolute atomic E-state index is 12.9. The largest absolute Gasteiger partial charge is 0.449 e. The summed E-state index contributed by atoms with van der Waals surface area (Å²) < 4.78 is 18.4. The number of carbonyl (C=O) groups is 1. The smallest absolute Gasteiger partial charge is 0.310 e. The van der Waals surface area contributed by atoms with Gasteiger partial charge in [-0.15, -0.1) is 6.42 Å². The van der Waals surface area contributed by atoms with Gasteiger partial charge in [0.25, 0.3) is 0 Å². The highest BCUT2D eigenvalue weighted by atomic mass is 19.1. The van der Waals surface area contributed by atoms with Crippen LogP contribution in [0, 0.1) is 24.1 Å². The van der Waals surface area contributed by atoms with Gasteiger partial charge in [-0.1, -0.05) is 48.4 Å². The second kappa shape index (κ2) is 6.66. The number of terminal acetylenes is 1. The minimum atomic E-state index is -0.556. The Morgan fingerprint density at radius 3 is 2.57 bits per heavy atom. The molecular weight excluding hydrogens is 291 g/mol. The standard InChI is InChI=1S/C20H17FO2/c1-2-17(12-14-6-4-3-5-7-14)23-20(22)19-13-18(19)15-8-10-16(21)11-9-15/h1,3-11,17-19H,12-13H2/t17-,18-,19-/m1/s1. The molecule has 0 aromatic heterocycles. The van der Waals surface area contributed by atoms with Crippen LogP contribution in [0.4, 0.5) is 4.39 Å². The van der Waals surface area contributed by atoms with Gasteiger partial charge < -0.3 is 4.74 Å². The first-order chi connectivity index (χ1) is 11.2. The maximum Gasteiger partial charge on any atom is 0.310 e. The lowest BCUT2D eigenvalue weighted by Gasteiger charge is -2.12. The Hall–Kier alpha value is -2.60. The van der Waals surface area contributed by atoms with E-state index < -0.39 is 6.10 Å². The summed E-state index contributed by atoms with van der Waals surface area (Å²) >= 11 is 0. The van der Waals surface area contributed by atoms with Crippen molar-refractivity contribution in [3.63, 3.8) is 0 Å². The van der Waals surface area contributed by atoms with Gasteiger partial charge in [0.15, 0.2) is 6.10 Å². The van der Waals surface area contributed by atoms with Crippen molar-refractivity contribution in [2.24, 2.45) is 5.92 Å². The third-order valence-corrected chi connectivity index (χ3v) is 4.10. The predicted molar refractivity (Wildman–Crippen MR) is 86.1 cm³/mol. The first-order valence-electron chi connectivity index (χ1n) is 7.63. The average Bonchev–Trinajstić information content (AvgIpc) is 3.36. The Kier molecular flexibility index (Phi) is 4.43. The summed E-state index contributed by atoms with van der Waals surface area (Å²) in [5, 5.41) is 0. The first kappa shape index (κ1) is 15.3. The third kappa shape index (κ3) is 3.78. The lowest BCUT2D eigenvalue weighted by molar-refractivity contribution is -0.148. The Balaban J connectivity index is 1.57. The minimum Gasteiger partial charge on any atom is -0.449 e. The van der Waals surface area contributed by atoms with Crippen LogP contribution in [0.3, 0.4) is 0 Å². The molecule has 0 aliphatic heterocycles. The van der Waals surface area contributed by atoms with Gasteiger partial charge >= 0.3 is 5.97 Å². The third-order valence-electron chi connectivity index (χ3n) is 4.10. The van der Waals surface area contributed by atoms with Gasteiger partial charge in [-0.25, -0.2) is 4.39 Å². The van der Waals surface area contributed by atoms with E-state index in [2.05, 4.69) is 5.92 Å². The molecule has 0 spiro atoms. The van der Waals surface area contributed by atoms with Crippen LogP contribution in [-0.2, 0) is 16.0 Å². The molecule has 0 radical (unpaired) electrons. The number of ether oxygens (including phenoxy) is 1. The number of benzene rings is 2. The van der Waals surface area contributed by atoms with Gasteiger partial charge in [-0.3, -0.25) is 4.79 Å². The molecular formula is C20H17FO2. The zero-order chi connectivity index (χ0) is 16.2. The predicted octanol–water partition coefficient (Wildman–Crippen LogP) is 3.72. The zero-order valence-electron chi connectivity index (χ0n) is 12.6. The van der Waals surface area contributed by atoms with Crippen molar-refractivity contribution in [3.05, 3.63) is 71.5 Å². The fourth-order valence-electron chi connectivity index (χ4n) is 2.72. The van der Waals surface area contributed by atoms with Gasteiger partial charge in [0.2, 0.25) is 0 Å². The second-order valence-corrected chi connectivity index (χ2v) is 5.78. The quantitative estimate of drug-likeness (QED) is 0.621. The summed E-state index contributed by atoms with van der Waals surface area (Å²) in [6.07, 6.45) is 6.17. The summed E-state index contributed by atoms with van der Waals surface area (Å²) in [7, 11) is 0. The normalized spacial score (nSPS) is 20.3. The molecule has 1 saturated carbocycles. The van der Waals surface area contributed by atoms with E-state index in [1.165, 1.54) is 12.1 Å². The molecule has 0 heterocycles. The van der Waals surface area contributed by atoms with Gasteiger partial charge in [0.05, 0.1) is 5.92 Å². The van der Waals surface area contributed by atoms with Crippen molar-refractivity contribution in [2.75, 3.05) is 0 Å². The molecule has 2 aromatic rings. The number of esters is 1. The molecule has 0 amide bonds. The summed E-state index contributed by atoms with van der Waals surface area (Å²) in [4.78, 5) is 12.2. The van der Waals surface area contributed by atoms with Crippen molar-refractivity contribution in [3.8, 4) is 12.3 Å². The van der Waals surface area contributed by atoms with Crippen molar-refractivity contribution in [1.82, 2.24) is 0 Å². The van der Waals surface area contributed by atoms with Crippen LogP contribution in [0.25, 0.3) is 0 Å². The highest BCUT2D eigenvalue weighted by molar-refractivity contribution is 5.77. The van der Waals surface area contributed by atoms with Crippen molar-refractivity contribution in [2.45, 2.75) is 24.9 Å². The lowest BCUT2D eigenvalue weighted by Crippen LogP contribution is -2.20. The number of halogens is 1. The molecule has 0 saturated heterocycles. The SMILES string of the molecule is C#C[C@H](Cc1ccccc1)OC(=O)[C@@H]1C[C@@H]1c1ccc(F)cc1. The molecule has 2 aromatic carbocycles. The first-order valence-corrected chi connectivity index (χ1v) is 7.63. The Morgan fingerprint density at radius 1 is 1.22 bits per heavy atom. The summed E-state index contributed by atoms with van der Waals surface area (Å²) in [6, 6.07) is 16.0. The molecule has 0 N–H and O–H groups in total. The molecule has 3 atom stereocenters. The molecule has 0 unspecified atom stereocenters. The zero-order valence-corrected chi connectivity index (χ0v) is 12.6. The number of hydrogen-bond donors (Lipinski definition) is 0. The molecule has 23 heavy (non-hydrogen) atoms. The minimum absolute atomic E-state index is 0.109. The monoisotopic (exact) mass is 308 g/mol. The van der Waals surface area contributed by atoms with E-state index in [1.807, 2.05) is 30.3 Å². The van der Waals surface area contributed by atoms with Crippen molar-refractivity contribution >= 4 is 5.97 Å². The van der Waals surface area contributed by atoms with Crippen LogP contribution in [0.15, 0.2) is 54.6 Å². The van der Waals surface area contributed by atoms with E-state index in [1.54, 1.807) is 12.1 Å². The molecule has 3 heteroatoms. The topological polar surface area (TPSA) is 26.3 Å². The van der Waals surface area contributed by atoms with E-state index in [-0.39, 0.29) is 23.6 Å². The fourth-order valence-corrected chi connectivity index (χ4v) is 2.72. The van der Waals surface area contributed by atoms with Crippen LogP contribution in [0.2, 0.25) is 0 Å². The highest BCUT2D eigenvalue weighted by Gasteiger charge is 2.45. The van der Waals surface area contributed by atoms with E-state index in [0.29, 0.717) is 6.42 Å². The lowest BCUT2D eigenvalue weighted by atomic mass is 10.1. The van der Waals surface area contributed by atoms with Crippen LogP contribution in [-0.4, -0.2) is 12.1 Å². The van der Waals surface area contributed by atoms with Gasteiger partial charge in [-0.05, 0) is 35.6 Å². The van der Waals surface area contributed by atoms with Crippen LogP contribution in [0.5, 0.6) is 0 Å². The summed E-state index contributed by atoms with van der Waals surface area (Å²) in [5.74, 6) is 1.93. The van der Waals surface area contributed by atoms with Crippen LogP contribution in [0.1, 0.15) is 23.5 Å². The Labute approximate surface area is 135 Å². The molecule has 2 nitrogen and oxygen atoms in total. The van der Waals surface area contributed by atoms with E-state index in [0.717, 1.165) is 17.5 Å². The van der Waals surface area contributed by atoms with E-state index in [4.69, 9.17) is 11.2 Å². The Morgan fingerprint density at radius 2 is 1.91 bits per heavy atom. The van der Waals surface area contributed by atoms with Gasteiger partial charge in [-0.2, -0.15) is 0 Å². The second-order valence-electron chi connectivity index (χ2n) is 5.78. The number of carbonyl (C=O) groups excluding carboxylic acids is 1. The molecule has 116 valence electrons. The maximum atomic E-state index is 12.9. The molecule has 0 bridgehead atoms. The summed E-state index contributed by atoms with van der Waals surface area (Å²) in [5.41, 5.74) is 2.00. The molecule has 3 rings (SSSR count). The fraction of sp³-hybridized carbons (Fsp3) is 0.250. The number of rotatable bonds is 5. The van der Waals surface area contributed by atoms with Crippen LogP contribution >= 0.6 is 0 Å². The molecule has 1 aliphatic rings. The van der Waals surface area contributed by atoms with Gasteiger partial charge in [0, 0.05) is 6.42 Å². The highest BCUT2D eigenvalue weighted by Crippen LogP contribution is 2.48. The van der Waals surface area contributed by atoms with E-state index in [9.17, 15) is 9.18 Å². The number of hydrogen-bond acceptors (Lipinski definition) is 2.